The Kier molecular flexibility index (Phi) is 3.12. The molecule has 2 aromatic carbocycles. The van der Waals surface area contributed by atoms with E-state index in [0.717, 1.165) is 33.4 Å². The summed E-state index contributed by atoms with van der Waals surface area (Å²) in [6.45, 7) is 2.08. The largest absolute Gasteiger partial charge is 0.337 e. The van der Waals surface area contributed by atoms with Gasteiger partial charge in [-0.05, 0) is 31.2 Å². The van der Waals surface area contributed by atoms with Gasteiger partial charge in [0.1, 0.15) is 5.69 Å². The van der Waals surface area contributed by atoms with Gasteiger partial charge in [0.05, 0.1) is 11.0 Å². The molecular formula is C17H14N4S. The monoisotopic (exact) mass is 306 g/mol. The Morgan fingerprint density at radius 1 is 1.00 bits per heavy atom. The van der Waals surface area contributed by atoms with E-state index in [4.69, 9.17) is 0 Å². The molecule has 108 valence electrons. The summed E-state index contributed by atoms with van der Waals surface area (Å²) in [4.78, 5) is 12.5. The number of hydrogen-bond acceptors (Lipinski definition) is 4. The van der Waals surface area contributed by atoms with Crippen LogP contribution in [0.5, 0.6) is 0 Å². The Balaban J connectivity index is 1.61. The van der Waals surface area contributed by atoms with Crippen LogP contribution in [0.25, 0.3) is 22.6 Å². The first-order valence-corrected chi connectivity index (χ1v) is 7.90. The van der Waals surface area contributed by atoms with Crippen LogP contribution < -0.4 is 5.32 Å². The molecule has 4 rings (SSSR count). The summed E-state index contributed by atoms with van der Waals surface area (Å²) in [5.74, 6) is 0.800. The van der Waals surface area contributed by atoms with E-state index in [2.05, 4.69) is 51.5 Å². The van der Waals surface area contributed by atoms with Crippen LogP contribution in [0.3, 0.4) is 0 Å². The van der Waals surface area contributed by atoms with Crippen molar-refractivity contribution >= 4 is 33.2 Å². The molecule has 2 N–H and O–H groups in total. The lowest BCUT2D eigenvalue weighted by molar-refractivity contribution is 1.27. The third kappa shape index (κ3) is 2.46. The molecule has 0 bridgehead atoms. The summed E-state index contributed by atoms with van der Waals surface area (Å²) in [6, 6.07) is 16.3. The SMILES string of the molecule is Cc1ccc(Nc2nc(-c3nc4ccccc4[nH]3)cs2)cc1. The van der Waals surface area contributed by atoms with E-state index >= 15 is 0 Å². The van der Waals surface area contributed by atoms with Gasteiger partial charge in [0.25, 0.3) is 0 Å². The van der Waals surface area contributed by atoms with Gasteiger partial charge >= 0.3 is 0 Å². The number of nitrogens with zero attached hydrogens (tertiary/aromatic N) is 2. The summed E-state index contributed by atoms with van der Waals surface area (Å²) in [5.41, 5.74) is 5.12. The zero-order valence-corrected chi connectivity index (χ0v) is 12.8. The first kappa shape index (κ1) is 13.0. The van der Waals surface area contributed by atoms with Crippen molar-refractivity contribution in [1.82, 2.24) is 15.0 Å². The van der Waals surface area contributed by atoms with Crippen LogP contribution in [0.1, 0.15) is 5.56 Å². The second-order valence-electron chi connectivity index (χ2n) is 5.13. The molecule has 4 nitrogen and oxygen atoms in total. The number of fused-ring (bicyclic) bond motifs is 1. The number of para-hydroxylation sites is 2. The zero-order chi connectivity index (χ0) is 14.9. The maximum Gasteiger partial charge on any atom is 0.187 e. The molecule has 0 fully saturated rings. The molecule has 5 heteroatoms. The highest BCUT2D eigenvalue weighted by Crippen LogP contribution is 2.27. The average molecular weight is 306 g/mol. The number of hydrogen-bond donors (Lipinski definition) is 2. The first-order chi connectivity index (χ1) is 10.8. The molecule has 0 aliphatic rings. The van der Waals surface area contributed by atoms with Crippen molar-refractivity contribution in [3.8, 4) is 11.5 Å². The summed E-state index contributed by atoms with van der Waals surface area (Å²) in [6.07, 6.45) is 0. The van der Waals surface area contributed by atoms with Gasteiger partial charge in [0, 0.05) is 11.1 Å². The molecule has 22 heavy (non-hydrogen) atoms. The van der Waals surface area contributed by atoms with Crippen LogP contribution in [0, 0.1) is 6.92 Å². The lowest BCUT2D eigenvalue weighted by Gasteiger charge is -2.02. The number of thiazole rings is 1. The molecule has 0 unspecified atom stereocenters. The number of anilines is 2. The van der Waals surface area contributed by atoms with E-state index in [9.17, 15) is 0 Å². The number of aryl methyl sites for hydroxylation is 1. The Labute approximate surface area is 131 Å². The Hall–Kier alpha value is -2.66. The predicted molar refractivity (Wildman–Crippen MR) is 91.7 cm³/mol. The van der Waals surface area contributed by atoms with Gasteiger partial charge in [-0.25, -0.2) is 9.97 Å². The third-order valence-electron chi connectivity index (χ3n) is 3.44. The maximum atomic E-state index is 4.61. The minimum Gasteiger partial charge on any atom is -0.337 e. The van der Waals surface area contributed by atoms with Crippen molar-refractivity contribution in [3.05, 3.63) is 59.5 Å². The minimum absolute atomic E-state index is 0.800. The predicted octanol–water partition coefficient (Wildman–Crippen LogP) is 4.74. The van der Waals surface area contributed by atoms with Crippen LogP contribution in [0.2, 0.25) is 0 Å². The lowest BCUT2D eigenvalue weighted by atomic mass is 10.2. The fraction of sp³-hybridized carbons (Fsp3) is 0.0588. The van der Waals surface area contributed by atoms with Crippen LogP contribution in [0.4, 0.5) is 10.8 Å². The molecule has 0 amide bonds. The fourth-order valence-electron chi connectivity index (χ4n) is 2.27. The van der Waals surface area contributed by atoms with Crippen molar-refractivity contribution in [2.75, 3.05) is 5.32 Å². The summed E-state index contributed by atoms with van der Waals surface area (Å²) in [5, 5.41) is 6.19. The van der Waals surface area contributed by atoms with Gasteiger partial charge in [0.2, 0.25) is 0 Å². The number of rotatable bonds is 3. The number of nitrogens with one attached hydrogen (secondary N) is 2. The highest BCUT2D eigenvalue weighted by atomic mass is 32.1. The fourth-order valence-corrected chi connectivity index (χ4v) is 2.99. The van der Waals surface area contributed by atoms with Crippen molar-refractivity contribution in [3.63, 3.8) is 0 Å². The number of aromatic amines is 1. The average Bonchev–Trinajstić information content (AvgIpc) is 3.15. The summed E-state index contributed by atoms with van der Waals surface area (Å²) in [7, 11) is 0. The normalized spacial score (nSPS) is 11.0. The van der Waals surface area contributed by atoms with Crippen LogP contribution >= 0.6 is 11.3 Å². The van der Waals surface area contributed by atoms with Gasteiger partial charge in [-0.2, -0.15) is 0 Å². The standard InChI is InChI=1S/C17H14N4S/c1-11-6-8-12(9-7-11)18-17-21-15(10-22-17)16-19-13-4-2-3-5-14(13)20-16/h2-10H,1H3,(H,18,21)(H,19,20). The van der Waals surface area contributed by atoms with E-state index < -0.39 is 0 Å². The maximum absolute atomic E-state index is 4.61. The highest BCUT2D eigenvalue weighted by Gasteiger charge is 2.09. The molecule has 4 aromatic rings. The van der Waals surface area contributed by atoms with Crippen molar-refractivity contribution in [2.45, 2.75) is 6.92 Å². The topological polar surface area (TPSA) is 53.6 Å². The molecular weight excluding hydrogens is 292 g/mol. The molecule has 0 spiro atoms. The van der Waals surface area contributed by atoms with Gasteiger partial charge in [-0.1, -0.05) is 29.8 Å². The second-order valence-corrected chi connectivity index (χ2v) is 5.99. The van der Waals surface area contributed by atoms with Gasteiger partial charge < -0.3 is 10.3 Å². The van der Waals surface area contributed by atoms with Gasteiger partial charge in [-0.15, -0.1) is 11.3 Å². The van der Waals surface area contributed by atoms with Crippen molar-refractivity contribution < 1.29 is 0 Å². The van der Waals surface area contributed by atoms with Gasteiger partial charge in [-0.3, -0.25) is 0 Å². The molecule has 0 radical (unpaired) electrons. The molecule has 0 aliphatic carbocycles. The van der Waals surface area contributed by atoms with Crippen molar-refractivity contribution in [2.24, 2.45) is 0 Å². The number of H-pyrrole nitrogens is 1. The Morgan fingerprint density at radius 2 is 1.82 bits per heavy atom. The van der Waals surface area contributed by atoms with E-state index in [1.165, 1.54) is 5.56 Å². The van der Waals surface area contributed by atoms with E-state index in [1.807, 2.05) is 29.6 Å². The van der Waals surface area contributed by atoms with Gasteiger partial charge in [0.15, 0.2) is 11.0 Å². The smallest absolute Gasteiger partial charge is 0.187 e. The van der Waals surface area contributed by atoms with Crippen LogP contribution in [-0.4, -0.2) is 15.0 Å². The van der Waals surface area contributed by atoms with Crippen LogP contribution in [0.15, 0.2) is 53.9 Å². The Morgan fingerprint density at radius 3 is 2.64 bits per heavy atom. The third-order valence-corrected chi connectivity index (χ3v) is 4.20. The molecule has 2 aromatic heterocycles. The number of aromatic nitrogens is 3. The first-order valence-electron chi connectivity index (χ1n) is 7.02. The summed E-state index contributed by atoms with van der Waals surface area (Å²) >= 11 is 1.57. The minimum atomic E-state index is 0.800. The highest BCUT2D eigenvalue weighted by molar-refractivity contribution is 7.14. The molecule has 0 atom stereocenters. The number of benzene rings is 2. The Bertz CT molecular complexity index is 888. The van der Waals surface area contributed by atoms with E-state index in [1.54, 1.807) is 11.3 Å². The lowest BCUT2D eigenvalue weighted by Crippen LogP contribution is -1.89. The van der Waals surface area contributed by atoms with Crippen molar-refractivity contribution in [1.29, 1.82) is 0 Å². The molecule has 0 saturated heterocycles. The van der Waals surface area contributed by atoms with Crippen LogP contribution in [-0.2, 0) is 0 Å². The van der Waals surface area contributed by atoms with E-state index in [0.29, 0.717) is 0 Å². The molecule has 2 heterocycles. The summed E-state index contributed by atoms with van der Waals surface area (Å²) < 4.78 is 0. The number of imidazole rings is 1. The quantitative estimate of drug-likeness (QED) is 0.575. The molecule has 0 aliphatic heterocycles. The second kappa shape index (κ2) is 5.27. The zero-order valence-electron chi connectivity index (χ0n) is 12.0. The molecule has 0 saturated carbocycles. The van der Waals surface area contributed by atoms with E-state index in [-0.39, 0.29) is 0 Å².